The highest BCUT2D eigenvalue weighted by molar-refractivity contribution is 6.32. The first kappa shape index (κ1) is 13.7. The van der Waals surface area contributed by atoms with E-state index in [9.17, 15) is 9.59 Å². The van der Waals surface area contributed by atoms with Gasteiger partial charge >= 0.3 is 5.97 Å². The van der Waals surface area contributed by atoms with Crippen molar-refractivity contribution in [1.29, 1.82) is 0 Å². The lowest BCUT2D eigenvalue weighted by molar-refractivity contribution is -0.127. The van der Waals surface area contributed by atoms with Crippen molar-refractivity contribution in [1.82, 2.24) is 5.32 Å². The third kappa shape index (κ3) is 3.38. The Morgan fingerprint density at radius 1 is 1.47 bits per heavy atom. The average Bonchev–Trinajstić information content (AvgIpc) is 3.15. The van der Waals surface area contributed by atoms with E-state index in [0.717, 1.165) is 12.8 Å². The van der Waals surface area contributed by atoms with Crippen molar-refractivity contribution >= 4 is 23.5 Å². The minimum Gasteiger partial charge on any atom is -0.478 e. The smallest absolute Gasteiger partial charge is 0.339 e. The van der Waals surface area contributed by atoms with E-state index in [1.54, 1.807) is 6.92 Å². The average molecular weight is 284 g/mol. The monoisotopic (exact) mass is 283 g/mol. The quantitative estimate of drug-likeness (QED) is 0.867. The van der Waals surface area contributed by atoms with Gasteiger partial charge in [-0.15, -0.1) is 0 Å². The van der Waals surface area contributed by atoms with Gasteiger partial charge in [0.15, 0.2) is 11.9 Å². The van der Waals surface area contributed by atoms with E-state index >= 15 is 0 Å². The van der Waals surface area contributed by atoms with Crippen molar-refractivity contribution in [2.24, 2.45) is 0 Å². The van der Waals surface area contributed by atoms with Crippen LogP contribution in [0, 0.1) is 0 Å². The fourth-order valence-corrected chi connectivity index (χ4v) is 1.79. The Kier molecular flexibility index (Phi) is 3.95. The highest BCUT2D eigenvalue weighted by Crippen LogP contribution is 2.29. The molecule has 0 saturated heterocycles. The molecule has 0 heterocycles. The maximum absolute atomic E-state index is 11.8. The molecule has 1 fully saturated rings. The molecule has 0 spiro atoms. The second kappa shape index (κ2) is 5.48. The second-order valence-corrected chi connectivity index (χ2v) is 4.87. The molecular formula is C13H14ClNO4. The van der Waals surface area contributed by atoms with E-state index in [2.05, 4.69) is 5.32 Å². The number of hydrogen-bond donors (Lipinski definition) is 2. The zero-order valence-electron chi connectivity index (χ0n) is 10.4. The van der Waals surface area contributed by atoms with E-state index in [0.29, 0.717) is 0 Å². The summed E-state index contributed by atoms with van der Waals surface area (Å²) in [6.45, 7) is 1.56. The molecule has 6 heteroatoms. The Hall–Kier alpha value is -1.75. The van der Waals surface area contributed by atoms with Crippen molar-refractivity contribution in [3.63, 3.8) is 0 Å². The van der Waals surface area contributed by atoms with Crippen molar-refractivity contribution in [2.45, 2.75) is 31.9 Å². The van der Waals surface area contributed by atoms with Gasteiger partial charge in [-0.05, 0) is 31.9 Å². The Balaban J connectivity index is 2.12. The first-order valence-electron chi connectivity index (χ1n) is 5.98. The van der Waals surface area contributed by atoms with Crippen molar-refractivity contribution < 1.29 is 19.4 Å². The second-order valence-electron chi connectivity index (χ2n) is 4.46. The normalized spacial score (nSPS) is 15.7. The van der Waals surface area contributed by atoms with Gasteiger partial charge in [0.2, 0.25) is 0 Å². The molecule has 1 aromatic rings. The lowest BCUT2D eigenvalue weighted by Gasteiger charge is -2.17. The molecule has 0 radical (unpaired) electrons. The first-order chi connectivity index (χ1) is 8.99. The molecule has 1 atom stereocenters. The third-order valence-corrected chi connectivity index (χ3v) is 3.08. The summed E-state index contributed by atoms with van der Waals surface area (Å²) in [4.78, 5) is 22.8. The minimum atomic E-state index is -1.15. The molecule has 1 aliphatic carbocycles. The molecule has 1 aliphatic rings. The van der Waals surface area contributed by atoms with Crippen LogP contribution >= 0.6 is 11.6 Å². The molecule has 102 valence electrons. The topological polar surface area (TPSA) is 75.6 Å². The van der Waals surface area contributed by atoms with Gasteiger partial charge in [0, 0.05) is 6.04 Å². The number of halogens is 1. The Labute approximate surface area is 115 Å². The highest BCUT2D eigenvalue weighted by Gasteiger charge is 2.27. The minimum absolute atomic E-state index is 0.0233. The summed E-state index contributed by atoms with van der Waals surface area (Å²) in [6, 6.07) is 4.65. The van der Waals surface area contributed by atoms with Crippen LogP contribution in [0.2, 0.25) is 5.02 Å². The van der Waals surface area contributed by atoms with E-state index in [1.165, 1.54) is 18.2 Å². The molecular weight excluding hydrogens is 270 g/mol. The summed E-state index contributed by atoms with van der Waals surface area (Å²) in [6.07, 6.45) is 1.16. The Morgan fingerprint density at radius 3 is 2.74 bits per heavy atom. The van der Waals surface area contributed by atoms with E-state index < -0.39 is 12.1 Å². The molecule has 1 saturated carbocycles. The summed E-state index contributed by atoms with van der Waals surface area (Å²) in [5.41, 5.74) is -0.0569. The first-order valence-corrected chi connectivity index (χ1v) is 6.35. The number of para-hydroxylation sites is 1. The van der Waals surface area contributed by atoms with Gasteiger partial charge in [-0.25, -0.2) is 4.79 Å². The molecule has 0 aromatic heterocycles. The number of carbonyl (C=O) groups excluding carboxylic acids is 1. The molecule has 0 aliphatic heterocycles. The van der Waals surface area contributed by atoms with Crippen LogP contribution in [0.25, 0.3) is 0 Å². The number of aromatic carboxylic acids is 1. The van der Waals surface area contributed by atoms with Crippen LogP contribution in [0.5, 0.6) is 5.75 Å². The number of carbonyl (C=O) groups is 2. The number of amides is 1. The summed E-state index contributed by atoms with van der Waals surface area (Å²) in [5.74, 6) is -1.39. The number of rotatable bonds is 5. The van der Waals surface area contributed by atoms with Crippen LogP contribution in [0.15, 0.2) is 18.2 Å². The molecule has 2 N–H and O–H groups in total. The van der Waals surface area contributed by atoms with Gasteiger partial charge in [0.1, 0.15) is 5.56 Å². The number of nitrogens with one attached hydrogen (secondary N) is 1. The van der Waals surface area contributed by atoms with Crippen LogP contribution in [-0.2, 0) is 4.79 Å². The van der Waals surface area contributed by atoms with Crippen molar-refractivity contribution in [2.75, 3.05) is 0 Å². The molecule has 5 nitrogen and oxygen atoms in total. The van der Waals surface area contributed by atoms with Crippen molar-refractivity contribution in [3.05, 3.63) is 28.8 Å². The standard InChI is InChI=1S/C13H14ClNO4/c1-7(12(16)15-8-5-6-8)19-11-9(13(17)18)3-2-4-10(11)14/h2-4,7-8H,5-6H2,1H3,(H,15,16)(H,17,18). The Bertz CT molecular complexity index is 513. The van der Waals surface area contributed by atoms with Gasteiger partial charge < -0.3 is 15.2 Å². The number of hydrogen-bond acceptors (Lipinski definition) is 3. The highest BCUT2D eigenvalue weighted by atomic mass is 35.5. The van der Waals surface area contributed by atoms with Gasteiger partial charge in [0.25, 0.3) is 5.91 Å². The van der Waals surface area contributed by atoms with Crippen LogP contribution in [-0.4, -0.2) is 29.1 Å². The van der Waals surface area contributed by atoms with Gasteiger partial charge in [-0.3, -0.25) is 4.79 Å². The van der Waals surface area contributed by atoms with E-state index in [4.69, 9.17) is 21.4 Å². The number of carboxylic acids is 1. The molecule has 19 heavy (non-hydrogen) atoms. The largest absolute Gasteiger partial charge is 0.478 e. The lowest BCUT2D eigenvalue weighted by Crippen LogP contribution is -2.37. The molecule has 1 amide bonds. The summed E-state index contributed by atoms with van der Waals surface area (Å²) in [7, 11) is 0. The van der Waals surface area contributed by atoms with Crippen LogP contribution in [0.3, 0.4) is 0 Å². The van der Waals surface area contributed by atoms with Gasteiger partial charge in [0.05, 0.1) is 5.02 Å². The van der Waals surface area contributed by atoms with Crippen molar-refractivity contribution in [3.8, 4) is 5.75 Å². The maximum Gasteiger partial charge on any atom is 0.339 e. The molecule has 1 aromatic carbocycles. The zero-order chi connectivity index (χ0) is 14.0. The summed E-state index contributed by atoms with van der Waals surface area (Å²) >= 11 is 5.92. The number of benzene rings is 1. The van der Waals surface area contributed by atoms with Crippen LogP contribution < -0.4 is 10.1 Å². The summed E-state index contributed by atoms with van der Waals surface area (Å²) < 4.78 is 5.40. The fourth-order valence-electron chi connectivity index (χ4n) is 1.57. The summed E-state index contributed by atoms with van der Waals surface area (Å²) in [5, 5.41) is 12.0. The lowest BCUT2D eigenvalue weighted by atomic mass is 10.2. The van der Waals surface area contributed by atoms with E-state index in [1.807, 2.05) is 0 Å². The maximum atomic E-state index is 11.8. The fraction of sp³-hybridized carbons (Fsp3) is 0.385. The van der Waals surface area contributed by atoms with Crippen LogP contribution in [0.4, 0.5) is 0 Å². The molecule has 1 unspecified atom stereocenters. The number of ether oxygens (including phenoxy) is 1. The SMILES string of the molecule is CC(Oc1c(Cl)cccc1C(=O)O)C(=O)NC1CC1. The van der Waals surface area contributed by atoms with Crippen LogP contribution in [0.1, 0.15) is 30.1 Å². The number of carboxylic acid groups (broad SMARTS) is 1. The zero-order valence-corrected chi connectivity index (χ0v) is 11.1. The predicted octanol–water partition coefficient (Wildman–Crippen LogP) is 2.08. The molecule has 0 bridgehead atoms. The molecule has 2 rings (SSSR count). The van der Waals surface area contributed by atoms with E-state index in [-0.39, 0.29) is 28.3 Å². The van der Waals surface area contributed by atoms with Gasteiger partial charge in [-0.1, -0.05) is 17.7 Å². The van der Waals surface area contributed by atoms with Gasteiger partial charge in [-0.2, -0.15) is 0 Å². The predicted molar refractivity (Wildman–Crippen MR) is 69.7 cm³/mol. The third-order valence-electron chi connectivity index (χ3n) is 2.78. The Morgan fingerprint density at radius 2 is 2.16 bits per heavy atom.